The Morgan fingerprint density at radius 3 is 2.67 bits per heavy atom. The first kappa shape index (κ1) is 13.3. The molecule has 15 heavy (non-hydrogen) atoms. The topological polar surface area (TPSA) is 32.3 Å². The molecule has 1 aliphatic rings. The molecule has 88 valence electrons. The van der Waals surface area contributed by atoms with Gasteiger partial charge in [-0.2, -0.15) is 0 Å². The lowest BCUT2D eigenvalue weighted by molar-refractivity contribution is -0.00534. The highest BCUT2D eigenvalue weighted by Gasteiger charge is 2.31. The predicted molar refractivity (Wildman–Crippen MR) is 65.2 cm³/mol. The molecule has 0 aromatic carbocycles. The van der Waals surface area contributed by atoms with Gasteiger partial charge >= 0.3 is 0 Å². The van der Waals surface area contributed by atoms with E-state index in [1.807, 2.05) is 0 Å². The van der Waals surface area contributed by atoms with E-state index in [1.54, 1.807) is 0 Å². The third kappa shape index (κ3) is 4.73. The minimum Gasteiger partial charge on any atom is -0.389 e. The second-order valence-corrected chi connectivity index (χ2v) is 5.27. The van der Waals surface area contributed by atoms with Crippen molar-refractivity contribution >= 4 is 23.2 Å². The van der Waals surface area contributed by atoms with Crippen LogP contribution in [0.3, 0.4) is 0 Å². The lowest BCUT2D eigenvalue weighted by atomic mass is 9.79. The Morgan fingerprint density at radius 1 is 1.53 bits per heavy atom. The van der Waals surface area contributed by atoms with Crippen molar-refractivity contribution in [2.45, 2.75) is 38.2 Å². The maximum Gasteiger partial charge on any atom is 0.0771 e. The van der Waals surface area contributed by atoms with Gasteiger partial charge in [0.2, 0.25) is 0 Å². The zero-order chi connectivity index (χ0) is 11.3. The fraction of sp³-hybridized carbons (Fsp3) is 0.818. The Labute approximate surface area is 102 Å². The summed E-state index contributed by atoms with van der Waals surface area (Å²) in [4.78, 5) is 0. The van der Waals surface area contributed by atoms with Crippen molar-refractivity contribution in [3.63, 3.8) is 0 Å². The number of nitrogens with one attached hydrogen (secondary N) is 1. The Morgan fingerprint density at radius 2 is 2.13 bits per heavy atom. The Hall–Kier alpha value is 0.240. The third-order valence-electron chi connectivity index (χ3n) is 3.07. The van der Waals surface area contributed by atoms with Crippen LogP contribution < -0.4 is 5.32 Å². The van der Waals surface area contributed by atoms with Gasteiger partial charge in [0.25, 0.3) is 0 Å². The van der Waals surface area contributed by atoms with Crippen molar-refractivity contribution in [2.75, 3.05) is 13.1 Å². The first-order valence-electron chi connectivity index (χ1n) is 5.43. The molecule has 0 bridgehead atoms. The standard InChI is InChI=1S/C11H19Cl2NO/c1-9-2-4-11(15,5-3-9)8-14-7-10(13)6-12/h6,9,14-15H,2-5,7-8H2,1H3. The van der Waals surface area contributed by atoms with Gasteiger partial charge in [0.1, 0.15) is 0 Å². The fourth-order valence-electron chi connectivity index (χ4n) is 1.93. The molecule has 0 unspecified atom stereocenters. The van der Waals surface area contributed by atoms with Crippen LogP contribution in [0.1, 0.15) is 32.6 Å². The van der Waals surface area contributed by atoms with Crippen molar-refractivity contribution in [3.8, 4) is 0 Å². The summed E-state index contributed by atoms with van der Waals surface area (Å²) in [6.45, 7) is 3.36. The first-order chi connectivity index (χ1) is 7.06. The molecule has 2 N–H and O–H groups in total. The molecule has 0 amide bonds. The molecule has 0 aromatic rings. The van der Waals surface area contributed by atoms with E-state index in [-0.39, 0.29) is 0 Å². The van der Waals surface area contributed by atoms with Crippen molar-refractivity contribution in [1.29, 1.82) is 0 Å². The SMILES string of the molecule is CC1CCC(O)(CNCC(Cl)=CCl)CC1. The van der Waals surface area contributed by atoms with Gasteiger partial charge in [0, 0.05) is 23.7 Å². The van der Waals surface area contributed by atoms with E-state index in [2.05, 4.69) is 12.2 Å². The van der Waals surface area contributed by atoms with E-state index in [1.165, 1.54) is 5.54 Å². The van der Waals surface area contributed by atoms with Gasteiger partial charge in [-0.25, -0.2) is 0 Å². The molecule has 0 aliphatic heterocycles. The van der Waals surface area contributed by atoms with Crippen LogP contribution >= 0.6 is 23.2 Å². The number of aliphatic hydroxyl groups is 1. The second-order valence-electron chi connectivity index (χ2n) is 4.57. The third-order valence-corrected chi connectivity index (χ3v) is 3.69. The normalized spacial score (nSPS) is 33.1. The Balaban J connectivity index is 2.25. The average molecular weight is 252 g/mol. The minimum absolute atomic E-state index is 0.531. The summed E-state index contributed by atoms with van der Waals surface area (Å²) >= 11 is 11.2. The lowest BCUT2D eigenvalue weighted by Gasteiger charge is -2.35. The van der Waals surface area contributed by atoms with Crippen LogP contribution in [0.2, 0.25) is 0 Å². The van der Waals surface area contributed by atoms with E-state index in [4.69, 9.17) is 23.2 Å². The van der Waals surface area contributed by atoms with E-state index in [9.17, 15) is 5.11 Å². The van der Waals surface area contributed by atoms with Gasteiger partial charge in [-0.15, -0.1) is 0 Å². The van der Waals surface area contributed by atoms with Gasteiger partial charge in [-0.3, -0.25) is 0 Å². The monoisotopic (exact) mass is 251 g/mol. The molecule has 0 heterocycles. The zero-order valence-electron chi connectivity index (χ0n) is 9.10. The summed E-state index contributed by atoms with van der Waals surface area (Å²) in [6, 6.07) is 0. The van der Waals surface area contributed by atoms with Crippen LogP contribution in [0.15, 0.2) is 10.6 Å². The molecule has 0 aromatic heterocycles. The quantitative estimate of drug-likeness (QED) is 0.806. The molecule has 0 radical (unpaired) electrons. The lowest BCUT2D eigenvalue weighted by Crippen LogP contribution is -2.43. The largest absolute Gasteiger partial charge is 0.389 e. The van der Waals surface area contributed by atoms with Gasteiger partial charge in [0.05, 0.1) is 5.60 Å². The summed E-state index contributed by atoms with van der Waals surface area (Å²) < 4.78 is 0. The van der Waals surface area contributed by atoms with E-state index >= 15 is 0 Å². The maximum absolute atomic E-state index is 10.2. The van der Waals surface area contributed by atoms with Crippen molar-refractivity contribution < 1.29 is 5.11 Å². The van der Waals surface area contributed by atoms with Gasteiger partial charge in [0.15, 0.2) is 0 Å². The maximum atomic E-state index is 10.2. The highest BCUT2D eigenvalue weighted by atomic mass is 35.5. The predicted octanol–water partition coefficient (Wildman–Crippen LogP) is 2.84. The second kappa shape index (κ2) is 6.09. The Bertz CT molecular complexity index is 223. The highest BCUT2D eigenvalue weighted by molar-refractivity contribution is 6.36. The molecule has 1 aliphatic carbocycles. The smallest absolute Gasteiger partial charge is 0.0771 e. The molecule has 0 atom stereocenters. The van der Waals surface area contributed by atoms with Crippen LogP contribution in [0.5, 0.6) is 0 Å². The van der Waals surface area contributed by atoms with Crippen LogP contribution in [-0.2, 0) is 0 Å². The van der Waals surface area contributed by atoms with Crippen molar-refractivity contribution in [2.24, 2.45) is 5.92 Å². The van der Waals surface area contributed by atoms with Gasteiger partial charge in [-0.05, 0) is 31.6 Å². The molecule has 4 heteroatoms. The van der Waals surface area contributed by atoms with Gasteiger partial charge in [-0.1, -0.05) is 30.1 Å². The highest BCUT2D eigenvalue weighted by Crippen LogP contribution is 2.31. The summed E-state index contributed by atoms with van der Waals surface area (Å²) in [5.74, 6) is 0.747. The summed E-state index contributed by atoms with van der Waals surface area (Å²) in [6.07, 6.45) is 3.97. The van der Waals surface area contributed by atoms with E-state index < -0.39 is 5.60 Å². The molecule has 0 spiro atoms. The van der Waals surface area contributed by atoms with E-state index in [0.717, 1.165) is 31.6 Å². The van der Waals surface area contributed by atoms with Crippen LogP contribution in [0, 0.1) is 5.92 Å². The summed E-state index contributed by atoms with van der Waals surface area (Å²) in [5, 5.41) is 13.9. The van der Waals surface area contributed by atoms with Crippen molar-refractivity contribution in [3.05, 3.63) is 10.6 Å². The summed E-state index contributed by atoms with van der Waals surface area (Å²) in [7, 11) is 0. The molecule has 1 fully saturated rings. The molecule has 1 saturated carbocycles. The van der Waals surface area contributed by atoms with Crippen LogP contribution in [0.4, 0.5) is 0 Å². The van der Waals surface area contributed by atoms with E-state index in [0.29, 0.717) is 18.1 Å². The molecular weight excluding hydrogens is 233 g/mol. The minimum atomic E-state index is -0.546. The van der Waals surface area contributed by atoms with Gasteiger partial charge < -0.3 is 10.4 Å². The number of rotatable bonds is 4. The molecule has 0 saturated heterocycles. The van der Waals surface area contributed by atoms with Crippen LogP contribution in [-0.4, -0.2) is 23.8 Å². The Kier molecular flexibility index (Phi) is 5.41. The average Bonchev–Trinajstić information content (AvgIpc) is 2.23. The first-order valence-corrected chi connectivity index (χ1v) is 6.25. The number of halogens is 2. The summed E-state index contributed by atoms with van der Waals surface area (Å²) in [5.41, 5.74) is 0.803. The molecular formula is C11H19Cl2NO. The number of hydrogen-bond acceptors (Lipinski definition) is 2. The van der Waals surface area contributed by atoms with Crippen LogP contribution in [0.25, 0.3) is 0 Å². The zero-order valence-corrected chi connectivity index (χ0v) is 10.6. The molecule has 2 nitrogen and oxygen atoms in total. The van der Waals surface area contributed by atoms with Crippen molar-refractivity contribution in [1.82, 2.24) is 5.32 Å². The number of hydrogen-bond donors (Lipinski definition) is 2. The fourth-order valence-corrected chi connectivity index (χ4v) is 2.10. The molecule has 1 rings (SSSR count).